The average Bonchev–Trinajstić information content (AvgIpc) is 1.84. The van der Waals surface area contributed by atoms with Crippen LogP contribution in [0.5, 0.6) is 0 Å². The van der Waals surface area contributed by atoms with Crippen LogP contribution in [0.4, 0.5) is 0 Å². The minimum absolute atomic E-state index is 0.282. The fourth-order valence-corrected chi connectivity index (χ4v) is 1.05. The molecule has 12 heavy (non-hydrogen) atoms. The molecule has 0 amide bonds. The van der Waals surface area contributed by atoms with Crippen molar-refractivity contribution in [3.05, 3.63) is 0 Å². The summed E-state index contributed by atoms with van der Waals surface area (Å²) >= 11 is 3.35. The lowest BCUT2D eigenvalue weighted by Crippen LogP contribution is -2.25. The Hall–Kier alpha value is 0.110. The third kappa shape index (κ3) is 5.72. The van der Waals surface area contributed by atoms with Gasteiger partial charge in [0.15, 0.2) is 0 Å². The van der Waals surface area contributed by atoms with Crippen molar-refractivity contribution in [1.29, 1.82) is 0 Å². The molecule has 0 aromatic heterocycles. The predicted molar refractivity (Wildman–Crippen MR) is 55.8 cm³/mol. The molecule has 0 atom stereocenters. The number of carbonyl (C=O) groups excluding carboxylic acids is 1. The number of nitrogens with zero attached hydrogens (tertiary/aromatic N) is 1. The molecule has 0 aromatic rings. The number of carbonyl (C=O) groups is 1. The van der Waals surface area contributed by atoms with Crippen molar-refractivity contribution >= 4 is 21.7 Å². The van der Waals surface area contributed by atoms with Crippen molar-refractivity contribution in [3.63, 3.8) is 0 Å². The molecule has 0 bridgehead atoms. The van der Waals surface area contributed by atoms with Gasteiger partial charge in [-0.3, -0.25) is 4.79 Å². The first-order chi connectivity index (χ1) is 5.34. The van der Waals surface area contributed by atoms with Gasteiger partial charge in [-0.25, -0.2) is 0 Å². The standard InChI is InChI=1S/C9H18BrNO/c1-9(2,10)8(12)6-5-7-11(3)4/h5-7H2,1-4H3. The van der Waals surface area contributed by atoms with Gasteiger partial charge in [0.25, 0.3) is 0 Å². The normalized spacial score (nSPS) is 12.2. The van der Waals surface area contributed by atoms with Crippen LogP contribution < -0.4 is 0 Å². The molecule has 0 aliphatic heterocycles. The molecule has 0 aliphatic carbocycles. The van der Waals surface area contributed by atoms with Crippen molar-refractivity contribution in [3.8, 4) is 0 Å². The number of alkyl halides is 1. The lowest BCUT2D eigenvalue weighted by Gasteiger charge is -2.15. The summed E-state index contributed by atoms with van der Waals surface area (Å²) in [5.74, 6) is 0.282. The highest BCUT2D eigenvalue weighted by Crippen LogP contribution is 2.19. The fourth-order valence-electron chi connectivity index (χ4n) is 0.853. The van der Waals surface area contributed by atoms with E-state index in [0.717, 1.165) is 13.0 Å². The Balaban J connectivity index is 3.59. The second-order valence-electron chi connectivity index (χ2n) is 3.80. The van der Waals surface area contributed by atoms with Gasteiger partial charge in [-0.2, -0.15) is 0 Å². The van der Waals surface area contributed by atoms with Gasteiger partial charge in [-0.1, -0.05) is 15.9 Å². The molecule has 72 valence electrons. The molecular weight excluding hydrogens is 218 g/mol. The molecule has 3 heteroatoms. The average molecular weight is 236 g/mol. The maximum Gasteiger partial charge on any atom is 0.149 e. The smallest absolute Gasteiger partial charge is 0.149 e. The van der Waals surface area contributed by atoms with Crippen LogP contribution in [-0.4, -0.2) is 35.6 Å². The summed E-state index contributed by atoms with van der Waals surface area (Å²) in [7, 11) is 4.04. The Morgan fingerprint density at radius 2 is 1.92 bits per heavy atom. The molecule has 0 aliphatic rings. The third-order valence-electron chi connectivity index (χ3n) is 1.67. The first-order valence-corrected chi connectivity index (χ1v) is 5.00. The minimum Gasteiger partial charge on any atom is -0.309 e. The Bertz CT molecular complexity index is 149. The van der Waals surface area contributed by atoms with E-state index >= 15 is 0 Å². The summed E-state index contributed by atoms with van der Waals surface area (Å²) in [6, 6.07) is 0. The maximum atomic E-state index is 11.4. The van der Waals surface area contributed by atoms with Crippen molar-refractivity contribution in [2.45, 2.75) is 31.0 Å². The van der Waals surface area contributed by atoms with Crippen LogP contribution >= 0.6 is 15.9 Å². The highest BCUT2D eigenvalue weighted by atomic mass is 79.9. The highest BCUT2D eigenvalue weighted by Gasteiger charge is 2.22. The van der Waals surface area contributed by atoms with E-state index in [2.05, 4.69) is 20.8 Å². The minimum atomic E-state index is -0.348. The van der Waals surface area contributed by atoms with E-state index in [1.807, 2.05) is 27.9 Å². The SMILES string of the molecule is CN(C)CCCC(=O)C(C)(C)Br. The van der Waals surface area contributed by atoms with Crippen LogP contribution in [0.1, 0.15) is 26.7 Å². The Morgan fingerprint density at radius 1 is 1.42 bits per heavy atom. The van der Waals surface area contributed by atoms with Crippen LogP contribution in [-0.2, 0) is 4.79 Å². The summed E-state index contributed by atoms with van der Waals surface area (Å²) in [5, 5.41) is 0. The molecule has 0 unspecified atom stereocenters. The molecule has 0 radical (unpaired) electrons. The Morgan fingerprint density at radius 3 is 2.25 bits per heavy atom. The van der Waals surface area contributed by atoms with E-state index in [1.54, 1.807) is 0 Å². The van der Waals surface area contributed by atoms with Crippen molar-refractivity contribution in [2.24, 2.45) is 0 Å². The number of halogens is 1. The number of Topliss-reactive ketones (excluding diaryl/α,β-unsaturated/α-hetero) is 1. The predicted octanol–water partition coefficient (Wildman–Crippen LogP) is 2.07. The number of hydrogen-bond acceptors (Lipinski definition) is 2. The maximum absolute atomic E-state index is 11.4. The lowest BCUT2D eigenvalue weighted by molar-refractivity contribution is -0.120. The first-order valence-electron chi connectivity index (χ1n) is 4.21. The topological polar surface area (TPSA) is 20.3 Å². The van der Waals surface area contributed by atoms with Crippen LogP contribution in [0.3, 0.4) is 0 Å². The Kier molecular flexibility index (Phi) is 5.02. The fraction of sp³-hybridized carbons (Fsp3) is 0.889. The van der Waals surface area contributed by atoms with Crippen LogP contribution in [0.2, 0.25) is 0 Å². The van der Waals surface area contributed by atoms with Crippen molar-refractivity contribution < 1.29 is 4.79 Å². The molecule has 0 saturated heterocycles. The van der Waals surface area contributed by atoms with Crippen LogP contribution in [0.15, 0.2) is 0 Å². The van der Waals surface area contributed by atoms with Crippen molar-refractivity contribution in [1.82, 2.24) is 4.90 Å². The zero-order chi connectivity index (χ0) is 9.78. The van der Waals surface area contributed by atoms with Crippen molar-refractivity contribution in [2.75, 3.05) is 20.6 Å². The molecule has 0 saturated carbocycles. The number of rotatable bonds is 5. The van der Waals surface area contributed by atoms with Gasteiger partial charge in [0.2, 0.25) is 0 Å². The zero-order valence-corrected chi connectivity index (χ0v) is 9.94. The van der Waals surface area contributed by atoms with Crippen LogP contribution in [0, 0.1) is 0 Å². The molecule has 2 nitrogen and oxygen atoms in total. The summed E-state index contributed by atoms with van der Waals surface area (Å²) in [5.41, 5.74) is 0. The molecule has 0 fully saturated rings. The monoisotopic (exact) mass is 235 g/mol. The van der Waals surface area contributed by atoms with E-state index in [9.17, 15) is 4.79 Å². The van der Waals surface area contributed by atoms with E-state index in [4.69, 9.17) is 0 Å². The molecule has 0 heterocycles. The van der Waals surface area contributed by atoms with Gasteiger partial charge in [0, 0.05) is 6.42 Å². The van der Waals surface area contributed by atoms with Crippen LogP contribution in [0.25, 0.3) is 0 Å². The number of hydrogen-bond donors (Lipinski definition) is 0. The van der Waals surface area contributed by atoms with E-state index < -0.39 is 0 Å². The summed E-state index contributed by atoms with van der Waals surface area (Å²) in [6.45, 7) is 4.77. The second-order valence-corrected chi connectivity index (χ2v) is 5.78. The molecule has 0 spiro atoms. The largest absolute Gasteiger partial charge is 0.309 e. The van der Waals surface area contributed by atoms with Gasteiger partial charge in [-0.05, 0) is 40.9 Å². The zero-order valence-electron chi connectivity index (χ0n) is 8.35. The molecule has 0 aromatic carbocycles. The number of ketones is 1. The summed E-state index contributed by atoms with van der Waals surface area (Å²) in [6.07, 6.45) is 1.61. The molecular formula is C9H18BrNO. The summed E-state index contributed by atoms with van der Waals surface area (Å²) < 4.78 is -0.348. The first kappa shape index (κ1) is 12.1. The van der Waals surface area contributed by atoms with Gasteiger partial charge in [0.05, 0.1) is 4.32 Å². The summed E-state index contributed by atoms with van der Waals surface area (Å²) in [4.78, 5) is 13.5. The highest BCUT2D eigenvalue weighted by molar-refractivity contribution is 9.10. The van der Waals surface area contributed by atoms with Gasteiger partial charge < -0.3 is 4.90 Å². The van der Waals surface area contributed by atoms with E-state index in [-0.39, 0.29) is 10.1 Å². The Labute approximate surface area is 83.4 Å². The third-order valence-corrected chi connectivity index (χ3v) is 2.11. The van der Waals surface area contributed by atoms with Gasteiger partial charge >= 0.3 is 0 Å². The second kappa shape index (κ2) is 4.97. The quantitative estimate of drug-likeness (QED) is 0.681. The van der Waals surface area contributed by atoms with Gasteiger partial charge in [-0.15, -0.1) is 0 Å². The van der Waals surface area contributed by atoms with E-state index in [0.29, 0.717) is 6.42 Å². The lowest BCUT2D eigenvalue weighted by atomic mass is 10.0. The molecule has 0 rings (SSSR count). The molecule has 0 N–H and O–H groups in total. The van der Waals surface area contributed by atoms with E-state index in [1.165, 1.54) is 0 Å². The van der Waals surface area contributed by atoms with Gasteiger partial charge in [0.1, 0.15) is 5.78 Å².